The molecule has 1 heterocycles. The summed E-state index contributed by atoms with van der Waals surface area (Å²) in [4.78, 5) is 2.39. The van der Waals surface area contributed by atoms with Gasteiger partial charge in [-0.3, -0.25) is 0 Å². The Morgan fingerprint density at radius 2 is 2.15 bits per heavy atom. The van der Waals surface area contributed by atoms with Crippen LogP contribution in [0, 0.1) is 0 Å². The lowest BCUT2D eigenvalue weighted by atomic mass is 10.0. The Balaban J connectivity index is 1.79. The van der Waals surface area contributed by atoms with E-state index < -0.39 is 0 Å². The maximum absolute atomic E-state index is 5.69. The number of likely N-dealkylation sites (N-methyl/N-ethyl adjacent to an activating group) is 1. The van der Waals surface area contributed by atoms with E-state index in [1.807, 2.05) is 7.05 Å². The largest absolute Gasteiger partial charge is 0.377 e. The fourth-order valence-electron chi connectivity index (χ4n) is 2.75. The van der Waals surface area contributed by atoms with E-state index in [0.29, 0.717) is 12.1 Å². The Kier molecular flexibility index (Phi) is 6.49. The zero-order chi connectivity index (χ0) is 14.4. The molecule has 2 rings (SSSR count). The third-order valence-electron chi connectivity index (χ3n) is 3.96. The number of hydrogen-bond acceptors (Lipinski definition) is 3. The average molecular weight is 341 g/mol. The first-order chi connectivity index (χ1) is 9.69. The maximum atomic E-state index is 5.69. The van der Waals surface area contributed by atoms with Crippen molar-refractivity contribution in [3.05, 3.63) is 34.3 Å². The van der Waals surface area contributed by atoms with Crippen molar-refractivity contribution in [3.63, 3.8) is 0 Å². The minimum atomic E-state index is 0.412. The molecule has 1 fully saturated rings. The van der Waals surface area contributed by atoms with E-state index in [4.69, 9.17) is 4.74 Å². The fraction of sp³-hybridized carbons (Fsp3) is 0.625. The standard InChI is InChI=1S/C16H25BrN2O/c1-18-16(13-5-7-14(17)8-6-13)9-10-19(2)12-15-4-3-11-20-15/h5-8,15-16,18H,3-4,9-12H2,1-2H3. The third-order valence-corrected chi connectivity index (χ3v) is 4.49. The summed E-state index contributed by atoms with van der Waals surface area (Å²) in [5.74, 6) is 0. The van der Waals surface area contributed by atoms with E-state index in [0.717, 1.165) is 30.6 Å². The molecular formula is C16H25BrN2O. The van der Waals surface area contributed by atoms with E-state index in [1.54, 1.807) is 0 Å². The number of nitrogens with zero attached hydrogens (tertiary/aromatic N) is 1. The molecule has 4 heteroatoms. The van der Waals surface area contributed by atoms with Gasteiger partial charge in [-0.25, -0.2) is 0 Å². The zero-order valence-electron chi connectivity index (χ0n) is 12.4. The zero-order valence-corrected chi connectivity index (χ0v) is 14.0. The van der Waals surface area contributed by atoms with Crippen molar-refractivity contribution in [3.8, 4) is 0 Å². The van der Waals surface area contributed by atoms with Crippen LogP contribution in [0.5, 0.6) is 0 Å². The van der Waals surface area contributed by atoms with Gasteiger partial charge in [0.25, 0.3) is 0 Å². The lowest BCUT2D eigenvalue weighted by molar-refractivity contribution is 0.0801. The van der Waals surface area contributed by atoms with E-state index in [2.05, 4.69) is 57.5 Å². The van der Waals surface area contributed by atoms with Gasteiger partial charge in [-0.2, -0.15) is 0 Å². The van der Waals surface area contributed by atoms with Gasteiger partial charge in [0.2, 0.25) is 0 Å². The number of nitrogens with one attached hydrogen (secondary N) is 1. The molecule has 3 nitrogen and oxygen atoms in total. The summed E-state index contributed by atoms with van der Waals surface area (Å²) in [5, 5.41) is 3.41. The van der Waals surface area contributed by atoms with Crippen molar-refractivity contribution >= 4 is 15.9 Å². The molecule has 112 valence electrons. The molecule has 1 N–H and O–H groups in total. The van der Waals surface area contributed by atoms with E-state index in [9.17, 15) is 0 Å². The van der Waals surface area contributed by atoms with Crippen molar-refractivity contribution in [1.29, 1.82) is 0 Å². The topological polar surface area (TPSA) is 24.5 Å². The number of benzene rings is 1. The van der Waals surface area contributed by atoms with E-state index in [1.165, 1.54) is 18.4 Å². The Hall–Kier alpha value is -0.420. The summed E-state index contributed by atoms with van der Waals surface area (Å²) < 4.78 is 6.82. The molecule has 1 aliphatic heterocycles. The van der Waals surface area contributed by atoms with Gasteiger partial charge in [0.1, 0.15) is 0 Å². The summed E-state index contributed by atoms with van der Waals surface area (Å²) in [7, 11) is 4.22. The minimum Gasteiger partial charge on any atom is -0.377 e. The fourth-order valence-corrected chi connectivity index (χ4v) is 3.01. The summed E-state index contributed by atoms with van der Waals surface area (Å²) >= 11 is 3.49. The van der Waals surface area contributed by atoms with Crippen LogP contribution in [-0.2, 0) is 4.74 Å². The van der Waals surface area contributed by atoms with Crippen molar-refractivity contribution in [1.82, 2.24) is 10.2 Å². The molecule has 0 saturated carbocycles. The molecule has 20 heavy (non-hydrogen) atoms. The molecule has 0 aromatic heterocycles. The quantitative estimate of drug-likeness (QED) is 0.824. The lowest BCUT2D eigenvalue weighted by Crippen LogP contribution is -2.31. The molecule has 0 bridgehead atoms. The molecule has 0 radical (unpaired) electrons. The lowest BCUT2D eigenvalue weighted by Gasteiger charge is -2.24. The van der Waals surface area contributed by atoms with Crippen molar-refractivity contribution in [2.24, 2.45) is 0 Å². The second kappa shape index (κ2) is 8.13. The van der Waals surface area contributed by atoms with Gasteiger partial charge in [0.05, 0.1) is 6.10 Å². The summed E-state index contributed by atoms with van der Waals surface area (Å²) in [6.07, 6.45) is 3.99. The molecule has 2 atom stereocenters. The normalized spacial score (nSPS) is 20.5. The van der Waals surface area contributed by atoms with Crippen LogP contribution in [0.3, 0.4) is 0 Å². The molecule has 0 aliphatic carbocycles. The van der Waals surface area contributed by atoms with E-state index in [-0.39, 0.29) is 0 Å². The first kappa shape index (κ1) is 16.0. The molecule has 2 unspecified atom stereocenters. The molecular weight excluding hydrogens is 316 g/mol. The SMILES string of the molecule is CNC(CCN(C)CC1CCCO1)c1ccc(Br)cc1. The van der Waals surface area contributed by atoms with Gasteiger partial charge >= 0.3 is 0 Å². The molecule has 1 aromatic carbocycles. The third kappa shape index (κ3) is 4.85. The summed E-state index contributed by atoms with van der Waals surface area (Å²) in [5.41, 5.74) is 1.35. The highest BCUT2D eigenvalue weighted by atomic mass is 79.9. The molecule has 1 aromatic rings. The van der Waals surface area contributed by atoms with E-state index >= 15 is 0 Å². The smallest absolute Gasteiger partial charge is 0.0702 e. The number of halogens is 1. The van der Waals surface area contributed by atoms with Crippen molar-refractivity contribution in [2.75, 3.05) is 33.8 Å². The predicted octanol–water partition coefficient (Wildman–Crippen LogP) is 3.21. The first-order valence-electron chi connectivity index (χ1n) is 7.42. The Bertz CT molecular complexity index is 390. The highest BCUT2D eigenvalue weighted by Crippen LogP contribution is 2.20. The first-order valence-corrected chi connectivity index (χ1v) is 8.21. The van der Waals surface area contributed by atoms with Crippen LogP contribution in [0.1, 0.15) is 30.9 Å². The summed E-state index contributed by atoms with van der Waals surface area (Å²) in [6.45, 7) is 3.08. The highest BCUT2D eigenvalue weighted by molar-refractivity contribution is 9.10. The Morgan fingerprint density at radius 3 is 2.75 bits per heavy atom. The monoisotopic (exact) mass is 340 g/mol. The van der Waals surface area contributed by atoms with Gasteiger partial charge in [0.15, 0.2) is 0 Å². The number of rotatable bonds is 7. The van der Waals surface area contributed by atoms with Crippen LogP contribution in [0.4, 0.5) is 0 Å². The molecule has 0 amide bonds. The second-order valence-electron chi connectivity index (χ2n) is 5.58. The number of ether oxygens (including phenoxy) is 1. The van der Waals surface area contributed by atoms with Crippen LogP contribution in [0.2, 0.25) is 0 Å². The van der Waals surface area contributed by atoms with Gasteiger partial charge in [-0.05, 0) is 57.6 Å². The second-order valence-corrected chi connectivity index (χ2v) is 6.49. The Labute approximate surface area is 130 Å². The highest BCUT2D eigenvalue weighted by Gasteiger charge is 2.18. The van der Waals surface area contributed by atoms with Crippen LogP contribution in [0.25, 0.3) is 0 Å². The molecule has 1 saturated heterocycles. The van der Waals surface area contributed by atoms with Crippen LogP contribution in [0.15, 0.2) is 28.7 Å². The maximum Gasteiger partial charge on any atom is 0.0702 e. The molecule has 0 spiro atoms. The van der Waals surface area contributed by atoms with Gasteiger partial charge < -0.3 is 15.0 Å². The Morgan fingerprint density at radius 1 is 1.40 bits per heavy atom. The van der Waals surface area contributed by atoms with Crippen LogP contribution >= 0.6 is 15.9 Å². The van der Waals surface area contributed by atoms with Gasteiger partial charge in [-0.1, -0.05) is 28.1 Å². The number of hydrogen-bond donors (Lipinski definition) is 1. The minimum absolute atomic E-state index is 0.412. The molecule has 1 aliphatic rings. The van der Waals surface area contributed by atoms with Gasteiger partial charge in [-0.15, -0.1) is 0 Å². The van der Waals surface area contributed by atoms with Crippen molar-refractivity contribution < 1.29 is 4.74 Å². The van der Waals surface area contributed by atoms with Crippen LogP contribution < -0.4 is 5.32 Å². The summed E-state index contributed by atoms with van der Waals surface area (Å²) in [6, 6.07) is 9.00. The van der Waals surface area contributed by atoms with Gasteiger partial charge in [0, 0.05) is 23.7 Å². The van der Waals surface area contributed by atoms with Crippen molar-refractivity contribution in [2.45, 2.75) is 31.4 Å². The van der Waals surface area contributed by atoms with Crippen LogP contribution in [-0.4, -0.2) is 44.8 Å². The average Bonchev–Trinajstić information content (AvgIpc) is 2.94. The predicted molar refractivity (Wildman–Crippen MR) is 87.0 cm³/mol.